The molecular weight excluding hydrogens is 320 g/mol. The van der Waals surface area contributed by atoms with Crippen molar-refractivity contribution in [3.63, 3.8) is 0 Å². The first-order chi connectivity index (χ1) is 8.54. The quantitative estimate of drug-likeness (QED) is 0.807. The molecule has 2 aromatic rings. The summed E-state index contributed by atoms with van der Waals surface area (Å²) in [6.07, 6.45) is 2.43. The van der Waals surface area contributed by atoms with Gasteiger partial charge in [0.05, 0.1) is 34.7 Å². The van der Waals surface area contributed by atoms with Crippen LogP contribution in [0.3, 0.4) is 0 Å². The Morgan fingerprint density at radius 2 is 2.33 bits per heavy atom. The lowest BCUT2D eigenvalue weighted by Crippen LogP contribution is -2.08. The van der Waals surface area contributed by atoms with Gasteiger partial charge >= 0.3 is 0 Å². The van der Waals surface area contributed by atoms with E-state index in [-0.39, 0.29) is 12.2 Å². The van der Waals surface area contributed by atoms with E-state index in [0.717, 1.165) is 17.8 Å². The molecule has 2 aromatic heterocycles. The third-order valence-corrected chi connectivity index (χ3v) is 3.80. The Kier molecular flexibility index (Phi) is 3.92. The lowest BCUT2D eigenvalue weighted by molar-refractivity contribution is 0.0989. The number of halogens is 2. The number of hydrogen-bond acceptors (Lipinski definition) is 3. The number of Topliss-reactive ketones (excluding diaryl/α,β-unsaturated/α-hetero) is 1. The molecule has 0 saturated heterocycles. The van der Waals surface area contributed by atoms with Crippen LogP contribution in [0, 0.1) is 0 Å². The number of rotatable bonds is 4. The van der Waals surface area contributed by atoms with Crippen molar-refractivity contribution >= 4 is 33.3 Å². The van der Waals surface area contributed by atoms with Gasteiger partial charge in [-0.3, -0.25) is 9.48 Å². The minimum absolute atomic E-state index is 0.0526. The average molecular weight is 332 g/mol. The van der Waals surface area contributed by atoms with Crippen molar-refractivity contribution in [1.82, 2.24) is 9.78 Å². The maximum Gasteiger partial charge on any atom is 0.179 e. The summed E-state index contributed by atoms with van der Waals surface area (Å²) in [5.41, 5.74) is 2.06. The molecule has 96 valence electrons. The van der Waals surface area contributed by atoms with E-state index in [1.807, 2.05) is 6.92 Å². The summed E-state index contributed by atoms with van der Waals surface area (Å²) in [6.45, 7) is 1.98. The minimum atomic E-state index is -0.0526. The van der Waals surface area contributed by atoms with Crippen molar-refractivity contribution in [3.8, 4) is 0 Å². The SMILES string of the molecule is CCc1nn(C)c(CC(=O)c2ccoc2Br)c1Cl. The Morgan fingerprint density at radius 1 is 1.61 bits per heavy atom. The van der Waals surface area contributed by atoms with E-state index in [1.54, 1.807) is 17.8 Å². The first-order valence-corrected chi connectivity index (χ1v) is 6.68. The summed E-state index contributed by atoms with van der Waals surface area (Å²) in [7, 11) is 1.79. The highest BCUT2D eigenvalue weighted by molar-refractivity contribution is 9.10. The number of aryl methyl sites for hydroxylation is 2. The van der Waals surface area contributed by atoms with Gasteiger partial charge in [-0.25, -0.2) is 0 Å². The molecule has 2 heterocycles. The van der Waals surface area contributed by atoms with Gasteiger partial charge in [-0.15, -0.1) is 0 Å². The van der Waals surface area contributed by atoms with E-state index in [9.17, 15) is 4.79 Å². The van der Waals surface area contributed by atoms with Gasteiger partial charge in [0, 0.05) is 7.05 Å². The Bertz CT molecular complexity index is 589. The molecule has 0 aliphatic rings. The molecular formula is C12H12BrClN2O2. The molecule has 0 fully saturated rings. The van der Waals surface area contributed by atoms with Gasteiger partial charge in [0.2, 0.25) is 0 Å². The first kappa shape index (κ1) is 13.4. The lowest BCUT2D eigenvalue weighted by atomic mass is 10.1. The van der Waals surface area contributed by atoms with Crippen LogP contribution in [0.15, 0.2) is 21.4 Å². The molecule has 0 saturated carbocycles. The molecule has 6 heteroatoms. The zero-order valence-corrected chi connectivity index (χ0v) is 12.4. The number of nitrogens with zero attached hydrogens (tertiary/aromatic N) is 2. The standard InChI is InChI=1S/C12H12BrClN2O2/c1-3-8-11(14)9(16(2)15-8)6-10(17)7-4-5-18-12(7)13/h4-5H,3,6H2,1-2H3. The zero-order chi connectivity index (χ0) is 13.3. The number of ketones is 1. The highest BCUT2D eigenvalue weighted by atomic mass is 79.9. The Labute approximate surface area is 118 Å². The maximum absolute atomic E-state index is 12.1. The van der Waals surface area contributed by atoms with Gasteiger partial charge in [0.25, 0.3) is 0 Å². The Morgan fingerprint density at radius 3 is 2.83 bits per heavy atom. The maximum atomic E-state index is 12.1. The predicted octanol–water partition coefficient (Wildman–Crippen LogP) is 3.42. The van der Waals surface area contributed by atoms with Crippen LogP contribution in [-0.4, -0.2) is 15.6 Å². The van der Waals surface area contributed by atoms with Crippen LogP contribution in [0.2, 0.25) is 5.02 Å². The van der Waals surface area contributed by atoms with Crippen molar-refractivity contribution in [2.75, 3.05) is 0 Å². The van der Waals surface area contributed by atoms with E-state index in [1.165, 1.54) is 6.26 Å². The normalized spacial score (nSPS) is 10.9. The predicted molar refractivity (Wildman–Crippen MR) is 72.0 cm³/mol. The molecule has 0 N–H and O–H groups in total. The van der Waals surface area contributed by atoms with Crippen molar-refractivity contribution < 1.29 is 9.21 Å². The fourth-order valence-corrected chi connectivity index (χ4v) is 2.57. The number of aromatic nitrogens is 2. The summed E-state index contributed by atoms with van der Waals surface area (Å²) < 4.78 is 7.16. The second kappa shape index (κ2) is 5.28. The second-order valence-corrected chi connectivity index (χ2v) is 4.99. The van der Waals surface area contributed by atoms with Crippen molar-refractivity contribution in [2.45, 2.75) is 19.8 Å². The lowest BCUT2D eigenvalue weighted by Gasteiger charge is -2.01. The molecule has 0 atom stereocenters. The Hall–Kier alpha value is -1.07. The smallest absolute Gasteiger partial charge is 0.179 e. The monoisotopic (exact) mass is 330 g/mol. The van der Waals surface area contributed by atoms with Crippen LogP contribution in [0.1, 0.15) is 28.7 Å². The van der Waals surface area contributed by atoms with Crippen LogP contribution < -0.4 is 0 Å². The highest BCUT2D eigenvalue weighted by Crippen LogP contribution is 2.24. The molecule has 18 heavy (non-hydrogen) atoms. The van der Waals surface area contributed by atoms with Crippen LogP contribution in [0.5, 0.6) is 0 Å². The van der Waals surface area contributed by atoms with Crippen LogP contribution in [-0.2, 0) is 19.9 Å². The summed E-state index contributed by atoms with van der Waals surface area (Å²) >= 11 is 9.40. The van der Waals surface area contributed by atoms with E-state index < -0.39 is 0 Å². The summed E-state index contributed by atoms with van der Waals surface area (Å²) in [5, 5.41) is 4.86. The largest absolute Gasteiger partial charge is 0.457 e. The molecule has 0 radical (unpaired) electrons. The number of hydrogen-bond donors (Lipinski definition) is 0. The third-order valence-electron chi connectivity index (χ3n) is 2.75. The van der Waals surface area contributed by atoms with Gasteiger partial charge in [-0.05, 0) is 28.4 Å². The van der Waals surface area contributed by atoms with Gasteiger partial charge in [-0.2, -0.15) is 5.10 Å². The van der Waals surface area contributed by atoms with Crippen LogP contribution >= 0.6 is 27.5 Å². The van der Waals surface area contributed by atoms with Crippen molar-refractivity contribution in [3.05, 3.63) is 39.0 Å². The van der Waals surface area contributed by atoms with Crippen LogP contribution in [0.25, 0.3) is 0 Å². The Balaban J connectivity index is 2.27. The fourth-order valence-electron chi connectivity index (χ4n) is 1.75. The molecule has 0 spiro atoms. The van der Waals surface area contributed by atoms with Gasteiger partial charge in [-0.1, -0.05) is 18.5 Å². The molecule has 4 nitrogen and oxygen atoms in total. The van der Waals surface area contributed by atoms with Crippen molar-refractivity contribution in [2.24, 2.45) is 7.05 Å². The fraction of sp³-hybridized carbons (Fsp3) is 0.333. The number of carbonyl (C=O) groups excluding carboxylic acids is 1. The van der Waals surface area contributed by atoms with E-state index in [2.05, 4.69) is 21.0 Å². The van der Waals surface area contributed by atoms with Crippen LogP contribution in [0.4, 0.5) is 0 Å². The average Bonchev–Trinajstić information content (AvgIpc) is 2.87. The van der Waals surface area contributed by atoms with E-state index in [4.69, 9.17) is 16.0 Å². The summed E-state index contributed by atoms with van der Waals surface area (Å²) in [6, 6.07) is 1.64. The molecule has 0 amide bonds. The van der Waals surface area contributed by atoms with E-state index in [0.29, 0.717) is 15.3 Å². The molecule has 0 aliphatic heterocycles. The molecule has 0 aromatic carbocycles. The zero-order valence-electron chi connectivity index (χ0n) is 10.0. The highest BCUT2D eigenvalue weighted by Gasteiger charge is 2.19. The van der Waals surface area contributed by atoms with E-state index >= 15 is 0 Å². The van der Waals surface area contributed by atoms with Gasteiger partial charge in [0.15, 0.2) is 10.5 Å². The second-order valence-electron chi connectivity index (χ2n) is 3.89. The molecule has 0 aliphatic carbocycles. The van der Waals surface area contributed by atoms with Gasteiger partial charge < -0.3 is 4.42 Å². The first-order valence-electron chi connectivity index (χ1n) is 5.51. The number of furan rings is 1. The van der Waals surface area contributed by atoms with Crippen molar-refractivity contribution in [1.29, 1.82) is 0 Å². The molecule has 0 bridgehead atoms. The van der Waals surface area contributed by atoms with Gasteiger partial charge in [0.1, 0.15) is 0 Å². The third kappa shape index (κ3) is 2.37. The number of carbonyl (C=O) groups is 1. The summed E-state index contributed by atoms with van der Waals surface area (Å²) in [5.74, 6) is -0.0526. The molecule has 2 rings (SSSR count). The topological polar surface area (TPSA) is 48.0 Å². The molecule has 0 unspecified atom stereocenters. The minimum Gasteiger partial charge on any atom is -0.457 e. The summed E-state index contributed by atoms with van der Waals surface area (Å²) in [4.78, 5) is 12.1.